The molecule has 0 aliphatic heterocycles. The molecule has 0 fully saturated rings. The summed E-state index contributed by atoms with van der Waals surface area (Å²) in [6.45, 7) is 1.79. The van der Waals surface area contributed by atoms with Crippen LogP contribution in [-0.4, -0.2) is 16.3 Å². The number of aryl methyl sites for hydroxylation is 1. The molecule has 0 radical (unpaired) electrons. The normalized spacial score (nSPS) is 9.95. The maximum atomic E-state index is 13.5. The Kier molecular flexibility index (Phi) is 4.34. The zero-order chi connectivity index (χ0) is 14.5. The molecule has 0 saturated heterocycles. The third kappa shape index (κ3) is 3.14. The molecule has 1 N–H and O–H groups in total. The smallest absolute Gasteiger partial charge is 0.253 e. The molecule has 0 aliphatic rings. The fraction of sp³-hybridized carbons (Fsp3) is 0.188. The Balaban J connectivity index is 2.35. The van der Waals surface area contributed by atoms with E-state index < -0.39 is 5.82 Å². The number of aliphatic hydroxyl groups is 1. The molecule has 1 aromatic heterocycles. The minimum absolute atomic E-state index is 0.0696. The topological polar surface area (TPSA) is 42.2 Å². The van der Waals surface area contributed by atoms with Gasteiger partial charge >= 0.3 is 0 Å². The Morgan fingerprint density at radius 3 is 2.90 bits per heavy atom. The highest BCUT2D eigenvalue weighted by Crippen LogP contribution is 2.10. The number of benzene rings is 1. The highest BCUT2D eigenvalue weighted by Gasteiger charge is 2.04. The number of rotatable bonds is 2. The summed E-state index contributed by atoms with van der Waals surface area (Å²) in [5, 5.41) is 8.65. The molecule has 0 aliphatic carbocycles. The molecule has 1 heterocycles. The summed E-state index contributed by atoms with van der Waals surface area (Å²) in [5.74, 6) is 4.53. The molecule has 0 atom stereocenters. The summed E-state index contributed by atoms with van der Waals surface area (Å²) < 4.78 is 15.1. The maximum Gasteiger partial charge on any atom is 0.253 e. The van der Waals surface area contributed by atoms with Gasteiger partial charge in [-0.05, 0) is 30.7 Å². The van der Waals surface area contributed by atoms with Crippen LogP contribution in [0.2, 0.25) is 0 Å². The van der Waals surface area contributed by atoms with Crippen molar-refractivity contribution in [3.8, 4) is 11.8 Å². The van der Waals surface area contributed by atoms with E-state index >= 15 is 0 Å². The molecule has 2 rings (SSSR count). The van der Waals surface area contributed by atoms with Crippen LogP contribution in [0.15, 0.2) is 41.3 Å². The molecular formula is C16H14FNO2. The van der Waals surface area contributed by atoms with Gasteiger partial charge in [-0.2, -0.15) is 0 Å². The Bertz CT molecular complexity index is 738. The predicted molar refractivity (Wildman–Crippen MR) is 74.9 cm³/mol. The molecule has 20 heavy (non-hydrogen) atoms. The molecule has 102 valence electrons. The van der Waals surface area contributed by atoms with E-state index in [1.54, 1.807) is 42.0 Å². The van der Waals surface area contributed by atoms with Crippen molar-refractivity contribution in [2.45, 2.75) is 13.5 Å². The van der Waals surface area contributed by atoms with E-state index in [1.165, 1.54) is 6.07 Å². The minimum Gasteiger partial charge on any atom is -0.384 e. The number of halogens is 1. The summed E-state index contributed by atoms with van der Waals surface area (Å²) >= 11 is 0. The van der Waals surface area contributed by atoms with E-state index in [9.17, 15) is 9.18 Å². The Morgan fingerprint density at radius 2 is 2.15 bits per heavy atom. The SMILES string of the molecule is Cc1cccn(Cc2ccc(F)c(C#CCO)c2)c1=O. The lowest BCUT2D eigenvalue weighted by atomic mass is 10.1. The van der Waals surface area contributed by atoms with Crippen molar-refractivity contribution in [1.29, 1.82) is 0 Å². The van der Waals surface area contributed by atoms with Crippen LogP contribution >= 0.6 is 0 Å². The lowest BCUT2D eigenvalue weighted by Crippen LogP contribution is -2.21. The summed E-state index contributed by atoms with van der Waals surface area (Å²) in [7, 11) is 0. The van der Waals surface area contributed by atoms with Gasteiger partial charge in [0.05, 0.1) is 12.1 Å². The molecule has 0 saturated carbocycles. The number of aliphatic hydroxyl groups excluding tert-OH is 1. The summed E-state index contributed by atoms with van der Waals surface area (Å²) in [4.78, 5) is 11.9. The Hall–Kier alpha value is -2.38. The average molecular weight is 271 g/mol. The summed E-state index contributed by atoms with van der Waals surface area (Å²) in [6.07, 6.45) is 1.69. The largest absolute Gasteiger partial charge is 0.384 e. The van der Waals surface area contributed by atoms with Gasteiger partial charge in [0.1, 0.15) is 12.4 Å². The van der Waals surface area contributed by atoms with Gasteiger partial charge in [-0.3, -0.25) is 4.79 Å². The van der Waals surface area contributed by atoms with Crippen LogP contribution in [0.4, 0.5) is 4.39 Å². The van der Waals surface area contributed by atoms with Crippen LogP contribution in [0, 0.1) is 24.6 Å². The second-order valence-electron chi connectivity index (χ2n) is 4.40. The predicted octanol–water partition coefficient (Wildman–Crippen LogP) is 1.69. The van der Waals surface area contributed by atoms with Crippen molar-refractivity contribution in [1.82, 2.24) is 4.57 Å². The van der Waals surface area contributed by atoms with E-state index in [1.807, 2.05) is 0 Å². The fourth-order valence-corrected chi connectivity index (χ4v) is 1.88. The average Bonchev–Trinajstić information content (AvgIpc) is 2.44. The van der Waals surface area contributed by atoms with Crippen LogP contribution in [0.1, 0.15) is 16.7 Å². The van der Waals surface area contributed by atoms with Crippen LogP contribution in [0.5, 0.6) is 0 Å². The van der Waals surface area contributed by atoms with E-state index in [0.717, 1.165) is 5.56 Å². The zero-order valence-electron chi connectivity index (χ0n) is 11.1. The van der Waals surface area contributed by atoms with Crippen molar-refractivity contribution in [3.63, 3.8) is 0 Å². The van der Waals surface area contributed by atoms with Gasteiger partial charge in [-0.1, -0.05) is 24.0 Å². The first-order chi connectivity index (χ1) is 9.61. The van der Waals surface area contributed by atoms with Gasteiger partial charge in [0, 0.05) is 11.8 Å². The van der Waals surface area contributed by atoms with E-state index in [2.05, 4.69) is 11.8 Å². The number of hydrogen-bond acceptors (Lipinski definition) is 2. The number of pyridine rings is 1. The third-order valence-corrected chi connectivity index (χ3v) is 2.90. The van der Waals surface area contributed by atoms with Crippen molar-refractivity contribution < 1.29 is 9.50 Å². The van der Waals surface area contributed by atoms with Crippen molar-refractivity contribution >= 4 is 0 Å². The van der Waals surface area contributed by atoms with E-state index in [4.69, 9.17) is 5.11 Å². The second kappa shape index (κ2) is 6.18. The van der Waals surface area contributed by atoms with Gasteiger partial charge in [0.25, 0.3) is 5.56 Å². The molecule has 1 aromatic carbocycles. The van der Waals surface area contributed by atoms with Crippen molar-refractivity contribution in [3.05, 3.63) is 69.4 Å². The minimum atomic E-state index is -0.439. The highest BCUT2D eigenvalue weighted by molar-refractivity contribution is 5.38. The Morgan fingerprint density at radius 1 is 1.35 bits per heavy atom. The molecular weight excluding hydrogens is 257 g/mol. The van der Waals surface area contributed by atoms with Gasteiger partial charge in [0.2, 0.25) is 0 Å². The van der Waals surface area contributed by atoms with Crippen LogP contribution in [0.3, 0.4) is 0 Å². The lowest BCUT2D eigenvalue weighted by Gasteiger charge is -2.07. The number of aromatic nitrogens is 1. The molecule has 0 spiro atoms. The Labute approximate surface area is 116 Å². The maximum absolute atomic E-state index is 13.5. The number of hydrogen-bond donors (Lipinski definition) is 1. The molecule has 3 nitrogen and oxygen atoms in total. The third-order valence-electron chi connectivity index (χ3n) is 2.90. The first kappa shape index (κ1) is 14.0. The van der Waals surface area contributed by atoms with Crippen LogP contribution in [0.25, 0.3) is 0 Å². The van der Waals surface area contributed by atoms with Gasteiger partial charge in [-0.15, -0.1) is 0 Å². The fourth-order valence-electron chi connectivity index (χ4n) is 1.88. The molecule has 0 amide bonds. The summed E-state index contributed by atoms with van der Waals surface area (Å²) in [5.41, 5.74) is 1.59. The molecule has 0 unspecified atom stereocenters. The first-order valence-corrected chi connectivity index (χ1v) is 6.16. The van der Waals surface area contributed by atoms with E-state index in [0.29, 0.717) is 12.1 Å². The standard InChI is InChI=1S/C16H14FNO2/c1-12-4-2-8-18(16(12)20)11-13-6-7-15(17)14(10-13)5-3-9-19/h2,4,6-8,10,19H,9,11H2,1H3. The van der Waals surface area contributed by atoms with Crippen molar-refractivity contribution in [2.24, 2.45) is 0 Å². The number of nitrogens with zero attached hydrogens (tertiary/aromatic N) is 1. The molecule has 0 bridgehead atoms. The van der Waals surface area contributed by atoms with Gasteiger partial charge < -0.3 is 9.67 Å². The first-order valence-electron chi connectivity index (χ1n) is 6.16. The van der Waals surface area contributed by atoms with Crippen LogP contribution < -0.4 is 5.56 Å². The quantitative estimate of drug-likeness (QED) is 0.845. The van der Waals surface area contributed by atoms with Gasteiger partial charge in [0.15, 0.2) is 0 Å². The molecule has 2 aromatic rings. The summed E-state index contributed by atoms with van der Waals surface area (Å²) in [6, 6.07) is 8.08. The van der Waals surface area contributed by atoms with Gasteiger partial charge in [-0.25, -0.2) is 4.39 Å². The van der Waals surface area contributed by atoms with E-state index in [-0.39, 0.29) is 17.7 Å². The molecule has 4 heteroatoms. The van der Waals surface area contributed by atoms with Crippen molar-refractivity contribution in [2.75, 3.05) is 6.61 Å². The van der Waals surface area contributed by atoms with Crippen LogP contribution in [-0.2, 0) is 6.54 Å². The second-order valence-corrected chi connectivity index (χ2v) is 4.40. The zero-order valence-corrected chi connectivity index (χ0v) is 11.1. The monoisotopic (exact) mass is 271 g/mol. The lowest BCUT2D eigenvalue weighted by molar-refractivity contribution is 0.350. The highest BCUT2D eigenvalue weighted by atomic mass is 19.1.